The number of fused-ring (bicyclic) bond motifs is 1. The Morgan fingerprint density at radius 1 is 1.29 bits per heavy atom. The summed E-state index contributed by atoms with van der Waals surface area (Å²) in [7, 11) is -4.01. The van der Waals surface area contributed by atoms with Crippen LogP contribution >= 0.6 is 11.6 Å². The average molecular weight is 468 g/mol. The third-order valence-electron chi connectivity index (χ3n) is 4.91. The summed E-state index contributed by atoms with van der Waals surface area (Å²) in [5, 5.41) is 12.9. The SMILES string of the molecule is O=C(Nc1ccc(F)c(Cl)c1)c1cc(S(=O)(=O)N2CCOCC(O)C2)cc2[nH]ccc12. The number of carbonyl (C=O) groups excluding carboxylic acids is 1. The molecule has 8 nitrogen and oxygen atoms in total. The number of aromatic amines is 1. The van der Waals surface area contributed by atoms with Crippen molar-refractivity contribution >= 4 is 44.1 Å². The van der Waals surface area contributed by atoms with Gasteiger partial charge in [-0.15, -0.1) is 0 Å². The minimum Gasteiger partial charge on any atom is -0.389 e. The summed E-state index contributed by atoms with van der Waals surface area (Å²) in [5.41, 5.74) is 0.834. The first kappa shape index (κ1) is 21.7. The lowest BCUT2D eigenvalue weighted by molar-refractivity contribution is 0.0583. The molecule has 1 fully saturated rings. The highest BCUT2D eigenvalue weighted by Gasteiger charge is 2.30. The fraction of sp³-hybridized carbons (Fsp3) is 0.250. The number of anilines is 1. The fourth-order valence-electron chi connectivity index (χ4n) is 3.38. The van der Waals surface area contributed by atoms with E-state index in [0.717, 1.165) is 10.4 Å². The zero-order valence-corrected chi connectivity index (χ0v) is 17.7. The van der Waals surface area contributed by atoms with Crippen LogP contribution in [0.1, 0.15) is 10.4 Å². The Bertz CT molecular complexity index is 1250. The lowest BCUT2D eigenvalue weighted by Gasteiger charge is -2.21. The number of hydrogen-bond donors (Lipinski definition) is 3. The van der Waals surface area contributed by atoms with Gasteiger partial charge in [0.25, 0.3) is 5.91 Å². The van der Waals surface area contributed by atoms with Crippen LogP contribution in [-0.2, 0) is 14.8 Å². The Labute approximate surface area is 182 Å². The van der Waals surface area contributed by atoms with Gasteiger partial charge in [-0.05, 0) is 36.4 Å². The Kier molecular flexibility index (Phi) is 6.00. The molecule has 164 valence electrons. The molecule has 0 aliphatic carbocycles. The zero-order chi connectivity index (χ0) is 22.2. The maximum Gasteiger partial charge on any atom is 0.256 e. The molecule has 2 aromatic carbocycles. The summed E-state index contributed by atoms with van der Waals surface area (Å²) in [6.07, 6.45) is 0.647. The van der Waals surface area contributed by atoms with Crippen LogP contribution < -0.4 is 5.32 Å². The first-order valence-electron chi connectivity index (χ1n) is 9.39. The number of aliphatic hydroxyl groups is 1. The van der Waals surface area contributed by atoms with Gasteiger partial charge < -0.3 is 20.1 Å². The average Bonchev–Trinajstić information content (AvgIpc) is 3.09. The molecular weight excluding hydrogens is 449 g/mol. The molecule has 1 saturated heterocycles. The van der Waals surface area contributed by atoms with E-state index in [1.165, 1.54) is 24.3 Å². The Balaban J connectivity index is 1.72. The van der Waals surface area contributed by atoms with Crippen LogP contribution in [0, 0.1) is 5.82 Å². The molecule has 1 aliphatic rings. The van der Waals surface area contributed by atoms with E-state index in [1.54, 1.807) is 12.3 Å². The van der Waals surface area contributed by atoms with Crippen molar-refractivity contribution in [2.75, 3.05) is 31.6 Å². The third-order valence-corrected chi connectivity index (χ3v) is 7.04. The van der Waals surface area contributed by atoms with Crippen molar-refractivity contribution in [3.05, 3.63) is 59.0 Å². The molecule has 1 amide bonds. The molecule has 0 saturated carbocycles. The van der Waals surface area contributed by atoms with Gasteiger partial charge in [-0.1, -0.05) is 11.6 Å². The predicted molar refractivity (Wildman–Crippen MR) is 113 cm³/mol. The molecule has 3 aromatic rings. The maximum absolute atomic E-state index is 13.4. The van der Waals surface area contributed by atoms with Gasteiger partial charge >= 0.3 is 0 Å². The van der Waals surface area contributed by atoms with Crippen molar-refractivity contribution in [3.63, 3.8) is 0 Å². The Hall–Kier alpha value is -2.50. The molecule has 3 N–H and O–H groups in total. The quantitative estimate of drug-likeness (QED) is 0.546. The second kappa shape index (κ2) is 8.56. The van der Waals surface area contributed by atoms with Gasteiger partial charge in [-0.2, -0.15) is 4.31 Å². The second-order valence-electron chi connectivity index (χ2n) is 7.08. The first-order valence-corrected chi connectivity index (χ1v) is 11.2. The number of aliphatic hydroxyl groups excluding tert-OH is 1. The van der Waals surface area contributed by atoms with E-state index < -0.39 is 27.9 Å². The van der Waals surface area contributed by atoms with Crippen molar-refractivity contribution in [1.29, 1.82) is 0 Å². The fourth-order valence-corrected chi connectivity index (χ4v) is 5.08. The van der Waals surface area contributed by atoms with Crippen LogP contribution in [0.3, 0.4) is 0 Å². The minimum atomic E-state index is -4.01. The third kappa shape index (κ3) is 4.43. The molecule has 1 aliphatic heterocycles. The normalized spacial score (nSPS) is 18.1. The Morgan fingerprint density at radius 3 is 2.87 bits per heavy atom. The number of amides is 1. The summed E-state index contributed by atoms with van der Waals surface area (Å²) in [6, 6.07) is 8.12. The van der Waals surface area contributed by atoms with Crippen LogP contribution in [0.5, 0.6) is 0 Å². The number of β-amino-alcohol motifs (C(OH)–C–C–N with tert-alkyl or cyclic N) is 1. The molecule has 0 radical (unpaired) electrons. The zero-order valence-electron chi connectivity index (χ0n) is 16.1. The number of sulfonamides is 1. The van der Waals surface area contributed by atoms with Crippen LogP contribution in [0.2, 0.25) is 5.02 Å². The van der Waals surface area contributed by atoms with Gasteiger partial charge in [0.1, 0.15) is 5.82 Å². The largest absolute Gasteiger partial charge is 0.389 e. The van der Waals surface area contributed by atoms with E-state index >= 15 is 0 Å². The van der Waals surface area contributed by atoms with Gasteiger partial charge in [0.15, 0.2) is 0 Å². The van der Waals surface area contributed by atoms with Gasteiger partial charge in [-0.25, -0.2) is 12.8 Å². The highest BCUT2D eigenvalue weighted by Crippen LogP contribution is 2.27. The molecule has 1 unspecified atom stereocenters. The van der Waals surface area contributed by atoms with Crippen LogP contribution in [0.15, 0.2) is 47.5 Å². The Morgan fingerprint density at radius 2 is 2.10 bits per heavy atom. The number of benzene rings is 2. The highest BCUT2D eigenvalue weighted by molar-refractivity contribution is 7.89. The van der Waals surface area contributed by atoms with E-state index in [1.807, 2.05) is 0 Å². The molecule has 0 bridgehead atoms. The van der Waals surface area contributed by atoms with Crippen molar-refractivity contribution in [2.45, 2.75) is 11.0 Å². The van der Waals surface area contributed by atoms with Crippen LogP contribution in [-0.4, -0.2) is 61.1 Å². The lowest BCUT2D eigenvalue weighted by atomic mass is 10.1. The number of H-pyrrole nitrogens is 1. The molecule has 11 heteroatoms. The molecular formula is C20H19ClFN3O5S. The number of hydrogen-bond acceptors (Lipinski definition) is 5. The predicted octanol–water partition coefficient (Wildman–Crippen LogP) is 2.59. The first-order chi connectivity index (χ1) is 14.8. The summed E-state index contributed by atoms with van der Waals surface area (Å²) >= 11 is 5.77. The van der Waals surface area contributed by atoms with Crippen molar-refractivity contribution in [3.8, 4) is 0 Å². The maximum atomic E-state index is 13.4. The van der Waals surface area contributed by atoms with E-state index in [9.17, 15) is 22.7 Å². The van der Waals surface area contributed by atoms with Crippen molar-refractivity contribution in [1.82, 2.24) is 9.29 Å². The van der Waals surface area contributed by atoms with Crippen molar-refractivity contribution in [2.24, 2.45) is 0 Å². The van der Waals surface area contributed by atoms with E-state index in [2.05, 4.69) is 10.3 Å². The van der Waals surface area contributed by atoms with E-state index in [4.69, 9.17) is 16.3 Å². The van der Waals surface area contributed by atoms with Gasteiger partial charge in [0, 0.05) is 35.9 Å². The van der Waals surface area contributed by atoms with Gasteiger partial charge in [0.2, 0.25) is 10.0 Å². The standard InChI is InChI=1S/C20H19ClFN3O5S/c21-17-7-12(1-2-18(17)22)24-20(27)16-8-14(9-19-15(16)3-4-23-19)31(28,29)25-5-6-30-11-13(26)10-25/h1-4,7-9,13,23,26H,5-6,10-11H2,(H,24,27). The van der Waals surface area contributed by atoms with Crippen LogP contribution in [0.4, 0.5) is 10.1 Å². The molecule has 1 aromatic heterocycles. The number of nitrogens with one attached hydrogen (secondary N) is 2. The van der Waals surface area contributed by atoms with Gasteiger partial charge in [-0.3, -0.25) is 4.79 Å². The number of nitrogens with zero attached hydrogens (tertiary/aromatic N) is 1. The summed E-state index contributed by atoms with van der Waals surface area (Å²) in [6.45, 7) is 0.174. The van der Waals surface area contributed by atoms with Gasteiger partial charge in [0.05, 0.1) is 34.8 Å². The van der Waals surface area contributed by atoms with E-state index in [0.29, 0.717) is 10.9 Å². The number of rotatable bonds is 4. The molecule has 0 spiro atoms. The number of aromatic nitrogens is 1. The highest BCUT2D eigenvalue weighted by atomic mass is 35.5. The van der Waals surface area contributed by atoms with Crippen molar-refractivity contribution < 1.29 is 27.4 Å². The van der Waals surface area contributed by atoms with Crippen LogP contribution in [0.25, 0.3) is 10.9 Å². The number of ether oxygens (including phenoxy) is 1. The monoisotopic (exact) mass is 467 g/mol. The minimum absolute atomic E-state index is 0.0512. The summed E-state index contributed by atoms with van der Waals surface area (Å²) < 4.78 is 46.2. The molecule has 4 rings (SSSR count). The number of carbonyl (C=O) groups is 1. The molecule has 2 heterocycles. The lowest BCUT2D eigenvalue weighted by Crippen LogP contribution is -2.37. The smallest absolute Gasteiger partial charge is 0.256 e. The number of halogens is 2. The molecule has 31 heavy (non-hydrogen) atoms. The topological polar surface area (TPSA) is 112 Å². The van der Waals surface area contributed by atoms with E-state index in [-0.39, 0.29) is 47.5 Å². The summed E-state index contributed by atoms with van der Waals surface area (Å²) in [5.74, 6) is -1.20. The second-order valence-corrected chi connectivity index (χ2v) is 9.43. The summed E-state index contributed by atoms with van der Waals surface area (Å²) in [4.78, 5) is 15.8. The molecule has 1 atom stereocenters.